The van der Waals surface area contributed by atoms with Crippen LogP contribution in [0.1, 0.15) is 15.9 Å². The second kappa shape index (κ2) is 8.46. The van der Waals surface area contributed by atoms with Gasteiger partial charge in [-0.25, -0.2) is 8.42 Å². The number of hydrogen-bond donors (Lipinski definition) is 2. The van der Waals surface area contributed by atoms with Crippen molar-refractivity contribution in [1.29, 1.82) is 0 Å². The van der Waals surface area contributed by atoms with E-state index >= 15 is 0 Å². The minimum absolute atomic E-state index is 0.168. The van der Waals surface area contributed by atoms with Gasteiger partial charge in [0.2, 0.25) is 0 Å². The summed E-state index contributed by atoms with van der Waals surface area (Å²) in [4.78, 5) is 12.5. The van der Waals surface area contributed by atoms with E-state index in [0.29, 0.717) is 22.8 Å². The molecule has 0 radical (unpaired) electrons. The second-order valence-electron chi connectivity index (χ2n) is 6.28. The molecular weight excluding hydrogens is 396 g/mol. The summed E-state index contributed by atoms with van der Waals surface area (Å²) in [6, 6.07) is 20.9. The zero-order chi connectivity index (χ0) is 20.1. The van der Waals surface area contributed by atoms with Gasteiger partial charge in [0.1, 0.15) is 0 Å². The van der Waals surface area contributed by atoms with Gasteiger partial charge < -0.3 is 10.6 Å². The van der Waals surface area contributed by atoms with Gasteiger partial charge in [-0.1, -0.05) is 41.9 Å². The van der Waals surface area contributed by atoms with Crippen molar-refractivity contribution in [2.75, 3.05) is 16.9 Å². The first-order chi connectivity index (χ1) is 13.3. The number of benzene rings is 3. The lowest BCUT2D eigenvalue weighted by molar-refractivity contribution is 0.102. The molecule has 0 unspecified atom stereocenters. The molecule has 2 N–H and O–H groups in total. The lowest BCUT2D eigenvalue weighted by Gasteiger charge is -2.11. The van der Waals surface area contributed by atoms with Crippen LogP contribution < -0.4 is 10.6 Å². The quantitative estimate of drug-likeness (QED) is 0.617. The van der Waals surface area contributed by atoms with Crippen molar-refractivity contribution in [3.8, 4) is 0 Å². The Balaban J connectivity index is 1.66. The molecule has 3 aromatic rings. The van der Waals surface area contributed by atoms with Gasteiger partial charge in [0.15, 0.2) is 9.84 Å². The third-order valence-electron chi connectivity index (χ3n) is 4.10. The molecule has 1 amide bonds. The van der Waals surface area contributed by atoms with Crippen molar-refractivity contribution in [3.05, 3.63) is 88.9 Å². The molecule has 0 aliphatic heterocycles. The normalized spacial score (nSPS) is 11.1. The minimum atomic E-state index is -3.30. The smallest absolute Gasteiger partial charge is 0.255 e. The van der Waals surface area contributed by atoms with E-state index in [1.807, 2.05) is 30.3 Å². The Hall–Kier alpha value is -2.83. The molecule has 144 valence electrons. The van der Waals surface area contributed by atoms with Gasteiger partial charge in [-0.2, -0.15) is 0 Å². The fourth-order valence-electron chi connectivity index (χ4n) is 2.59. The summed E-state index contributed by atoms with van der Waals surface area (Å²) in [5.74, 6) is -0.346. The molecule has 0 aliphatic carbocycles. The predicted octanol–water partition coefficient (Wildman–Crippen LogP) is 4.61. The fraction of sp³-hybridized carbons (Fsp3) is 0.0952. The Kier molecular flexibility index (Phi) is 6.02. The largest absolute Gasteiger partial charge is 0.380 e. The molecule has 0 spiro atoms. The van der Waals surface area contributed by atoms with Crippen molar-refractivity contribution in [3.63, 3.8) is 0 Å². The molecule has 0 aliphatic rings. The van der Waals surface area contributed by atoms with Gasteiger partial charge in [0, 0.05) is 24.1 Å². The Morgan fingerprint density at radius 3 is 2.25 bits per heavy atom. The monoisotopic (exact) mass is 414 g/mol. The number of hydrogen-bond acceptors (Lipinski definition) is 4. The highest BCUT2D eigenvalue weighted by Crippen LogP contribution is 2.26. The molecule has 5 nitrogen and oxygen atoms in total. The zero-order valence-corrected chi connectivity index (χ0v) is 16.7. The summed E-state index contributed by atoms with van der Waals surface area (Å²) >= 11 is 6.32. The van der Waals surface area contributed by atoms with E-state index in [1.165, 1.54) is 24.3 Å². The van der Waals surface area contributed by atoms with Crippen LogP contribution in [0.15, 0.2) is 77.7 Å². The maximum absolute atomic E-state index is 12.4. The third kappa shape index (κ3) is 5.12. The first-order valence-corrected chi connectivity index (χ1v) is 10.8. The van der Waals surface area contributed by atoms with E-state index in [9.17, 15) is 13.2 Å². The average Bonchev–Trinajstić information content (AvgIpc) is 2.67. The Morgan fingerprint density at radius 2 is 1.64 bits per heavy atom. The van der Waals surface area contributed by atoms with Gasteiger partial charge in [0.25, 0.3) is 5.91 Å². The van der Waals surface area contributed by atoms with Crippen LogP contribution in [-0.2, 0) is 16.4 Å². The molecule has 0 atom stereocenters. The minimum Gasteiger partial charge on any atom is -0.380 e. The summed E-state index contributed by atoms with van der Waals surface area (Å²) in [7, 11) is -3.30. The molecule has 0 fully saturated rings. The molecule has 3 aromatic carbocycles. The Bertz CT molecular complexity index is 1080. The highest BCUT2D eigenvalue weighted by Gasteiger charge is 2.11. The van der Waals surface area contributed by atoms with Crippen LogP contribution in [0.25, 0.3) is 0 Å². The van der Waals surface area contributed by atoms with E-state index in [0.717, 1.165) is 17.5 Å². The summed E-state index contributed by atoms with van der Waals surface area (Å²) in [5.41, 5.74) is 2.80. The van der Waals surface area contributed by atoms with Gasteiger partial charge in [0.05, 0.1) is 15.6 Å². The van der Waals surface area contributed by atoms with Crippen molar-refractivity contribution in [1.82, 2.24) is 0 Å². The summed E-state index contributed by atoms with van der Waals surface area (Å²) in [6.07, 6.45) is 1.12. The van der Waals surface area contributed by atoms with Crippen LogP contribution in [0.5, 0.6) is 0 Å². The maximum Gasteiger partial charge on any atom is 0.255 e. The molecule has 0 bridgehead atoms. The van der Waals surface area contributed by atoms with Crippen molar-refractivity contribution >= 4 is 38.7 Å². The predicted molar refractivity (Wildman–Crippen MR) is 113 cm³/mol. The van der Waals surface area contributed by atoms with Gasteiger partial charge in [-0.15, -0.1) is 0 Å². The van der Waals surface area contributed by atoms with E-state index in [1.54, 1.807) is 18.2 Å². The molecule has 0 aromatic heterocycles. The SMILES string of the molecule is CS(=O)(=O)c1ccc(C(=O)Nc2ccc(NCc3ccccc3)c(Cl)c2)cc1. The number of halogens is 1. The van der Waals surface area contributed by atoms with E-state index in [-0.39, 0.29) is 10.8 Å². The van der Waals surface area contributed by atoms with Crippen LogP contribution in [0.4, 0.5) is 11.4 Å². The highest BCUT2D eigenvalue weighted by molar-refractivity contribution is 7.90. The van der Waals surface area contributed by atoms with E-state index in [4.69, 9.17) is 11.6 Å². The van der Waals surface area contributed by atoms with Crippen LogP contribution in [0, 0.1) is 0 Å². The first kappa shape index (κ1) is 19.9. The summed E-state index contributed by atoms with van der Waals surface area (Å²) in [5, 5.41) is 6.51. The van der Waals surface area contributed by atoms with Gasteiger partial charge >= 0.3 is 0 Å². The highest BCUT2D eigenvalue weighted by atomic mass is 35.5. The Morgan fingerprint density at radius 1 is 0.964 bits per heavy atom. The topological polar surface area (TPSA) is 75.3 Å². The second-order valence-corrected chi connectivity index (χ2v) is 8.71. The number of amides is 1. The zero-order valence-electron chi connectivity index (χ0n) is 15.1. The average molecular weight is 415 g/mol. The van der Waals surface area contributed by atoms with Gasteiger partial charge in [-0.3, -0.25) is 4.79 Å². The van der Waals surface area contributed by atoms with Crippen molar-refractivity contribution < 1.29 is 13.2 Å². The fourth-order valence-corrected chi connectivity index (χ4v) is 3.46. The number of rotatable bonds is 6. The third-order valence-corrected chi connectivity index (χ3v) is 5.54. The Labute approximate surface area is 169 Å². The van der Waals surface area contributed by atoms with Crippen molar-refractivity contribution in [2.24, 2.45) is 0 Å². The van der Waals surface area contributed by atoms with Crippen LogP contribution >= 0.6 is 11.6 Å². The molecule has 0 saturated heterocycles. The number of anilines is 2. The number of carbonyl (C=O) groups is 1. The van der Waals surface area contributed by atoms with Crippen LogP contribution in [-0.4, -0.2) is 20.6 Å². The molecular formula is C21H19ClN2O3S. The molecule has 0 saturated carbocycles. The van der Waals surface area contributed by atoms with Crippen LogP contribution in [0.3, 0.4) is 0 Å². The molecule has 3 rings (SSSR count). The lowest BCUT2D eigenvalue weighted by atomic mass is 10.2. The summed E-state index contributed by atoms with van der Waals surface area (Å²) < 4.78 is 23.0. The number of nitrogens with one attached hydrogen (secondary N) is 2. The lowest BCUT2D eigenvalue weighted by Crippen LogP contribution is -2.12. The summed E-state index contributed by atoms with van der Waals surface area (Å²) in [6.45, 7) is 0.638. The molecule has 0 heterocycles. The molecule has 28 heavy (non-hydrogen) atoms. The van der Waals surface area contributed by atoms with E-state index in [2.05, 4.69) is 10.6 Å². The number of carbonyl (C=O) groups excluding carboxylic acids is 1. The maximum atomic E-state index is 12.4. The van der Waals surface area contributed by atoms with Gasteiger partial charge in [-0.05, 0) is 48.0 Å². The van der Waals surface area contributed by atoms with Crippen LogP contribution in [0.2, 0.25) is 5.02 Å². The number of sulfone groups is 1. The van der Waals surface area contributed by atoms with Crippen molar-refractivity contribution in [2.45, 2.75) is 11.4 Å². The standard InChI is InChI=1S/C21H19ClN2O3S/c1-28(26,27)18-10-7-16(8-11-18)21(25)24-17-9-12-20(19(22)13-17)23-14-15-5-3-2-4-6-15/h2-13,23H,14H2,1H3,(H,24,25). The first-order valence-electron chi connectivity index (χ1n) is 8.52. The van der Waals surface area contributed by atoms with E-state index < -0.39 is 9.84 Å². The molecule has 7 heteroatoms.